The molecule has 5 heteroatoms. The monoisotopic (exact) mass is 285 g/mol. The molecule has 88 valence electrons. The molecule has 1 aromatic carbocycles. The maximum atomic E-state index is 5.47. The fourth-order valence-electron chi connectivity index (χ4n) is 1.30. The van der Waals surface area contributed by atoms with E-state index < -0.39 is 0 Å². The van der Waals surface area contributed by atoms with Crippen molar-refractivity contribution in [1.29, 1.82) is 0 Å². The number of hydrazine groups is 1. The van der Waals surface area contributed by atoms with E-state index in [2.05, 4.69) is 26.3 Å². The minimum atomic E-state index is 0.166. The Hall–Kier alpha value is -1.07. The molecule has 0 fully saturated rings. The van der Waals surface area contributed by atoms with Crippen molar-refractivity contribution in [1.82, 2.24) is 5.43 Å². The zero-order valence-electron chi connectivity index (χ0n) is 9.62. The smallest absolute Gasteiger partial charge is 0.146 e. The number of methoxy groups -OCH3 is 1. The Labute approximate surface area is 104 Å². The number of ether oxygens (including phenoxy) is 1. The van der Waals surface area contributed by atoms with Gasteiger partial charge in [-0.05, 0) is 32.0 Å². The first kappa shape index (κ1) is 13.0. The number of aliphatic imine (C=N–C) groups is 1. The van der Waals surface area contributed by atoms with E-state index in [9.17, 15) is 0 Å². The summed E-state index contributed by atoms with van der Waals surface area (Å²) in [5.74, 6) is 6.82. The first-order valence-corrected chi connectivity index (χ1v) is 5.76. The van der Waals surface area contributed by atoms with Crippen LogP contribution < -0.4 is 16.0 Å². The van der Waals surface area contributed by atoms with Gasteiger partial charge in [0.15, 0.2) is 0 Å². The van der Waals surface area contributed by atoms with E-state index in [0.717, 1.165) is 15.8 Å². The molecule has 1 rings (SSSR count). The van der Waals surface area contributed by atoms with Crippen LogP contribution in [0.5, 0.6) is 5.75 Å². The van der Waals surface area contributed by atoms with Crippen LogP contribution in [0.1, 0.15) is 19.4 Å². The average molecular weight is 286 g/mol. The highest BCUT2D eigenvalue weighted by Crippen LogP contribution is 2.23. The molecule has 0 aliphatic rings. The number of benzene rings is 1. The van der Waals surface area contributed by atoms with Gasteiger partial charge >= 0.3 is 0 Å². The standard InChI is InChI=1S/C11H16BrN3O/c1-7(2)14-11(15-13)9-5-4-8(12)6-10(9)16-3/h4-7H,13H2,1-3H3,(H,14,15). The van der Waals surface area contributed by atoms with Gasteiger partial charge in [0.1, 0.15) is 11.6 Å². The third-order valence-corrected chi connectivity index (χ3v) is 2.44. The van der Waals surface area contributed by atoms with Crippen molar-refractivity contribution < 1.29 is 4.74 Å². The maximum Gasteiger partial charge on any atom is 0.146 e. The van der Waals surface area contributed by atoms with Gasteiger partial charge < -0.3 is 10.2 Å². The van der Waals surface area contributed by atoms with Crippen LogP contribution in [0.15, 0.2) is 27.7 Å². The Morgan fingerprint density at radius 1 is 1.50 bits per heavy atom. The molecular formula is C11H16BrN3O. The number of nitrogens with two attached hydrogens (primary N) is 1. The Balaban J connectivity index is 3.19. The summed E-state index contributed by atoms with van der Waals surface area (Å²) in [7, 11) is 1.62. The van der Waals surface area contributed by atoms with E-state index in [1.165, 1.54) is 0 Å². The lowest BCUT2D eigenvalue weighted by Gasteiger charge is -2.12. The molecule has 3 N–H and O–H groups in total. The van der Waals surface area contributed by atoms with Crippen LogP contribution in [0, 0.1) is 0 Å². The number of hydrogen-bond donors (Lipinski definition) is 2. The third-order valence-electron chi connectivity index (χ3n) is 1.94. The van der Waals surface area contributed by atoms with Gasteiger partial charge in [0.25, 0.3) is 0 Å². The van der Waals surface area contributed by atoms with E-state index in [1.54, 1.807) is 7.11 Å². The summed E-state index contributed by atoms with van der Waals surface area (Å²) in [6.07, 6.45) is 0. The van der Waals surface area contributed by atoms with Gasteiger partial charge in [-0.25, -0.2) is 5.84 Å². The third kappa shape index (κ3) is 3.21. The second-order valence-corrected chi connectivity index (χ2v) is 4.48. The van der Waals surface area contributed by atoms with Crippen LogP contribution in [0.25, 0.3) is 0 Å². The average Bonchev–Trinajstić information content (AvgIpc) is 2.25. The molecule has 0 saturated heterocycles. The van der Waals surface area contributed by atoms with Gasteiger partial charge in [-0.3, -0.25) is 4.99 Å². The number of rotatable bonds is 3. The first-order valence-electron chi connectivity index (χ1n) is 4.96. The van der Waals surface area contributed by atoms with E-state index in [0.29, 0.717) is 5.84 Å². The van der Waals surface area contributed by atoms with Gasteiger partial charge in [-0.1, -0.05) is 15.9 Å². The number of amidine groups is 1. The van der Waals surface area contributed by atoms with E-state index in [1.807, 2.05) is 32.0 Å². The van der Waals surface area contributed by atoms with E-state index in [-0.39, 0.29) is 6.04 Å². The summed E-state index contributed by atoms with van der Waals surface area (Å²) in [5, 5.41) is 0. The van der Waals surface area contributed by atoms with Crippen molar-refractivity contribution in [3.8, 4) is 5.75 Å². The molecule has 0 aromatic heterocycles. The van der Waals surface area contributed by atoms with Crippen LogP contribution in [-0.2, 0) is 0 Å². The quantitative estimate of drug-likeness (QED) is 0.387. The molecule has 0 aliphatic carbocycles. The van der Waals surface area contributed by atoms with Crippen molar-refractivity contribution >= 4 is 21.8 Å². The summed E-state index contributed by atoms with van der Waals surface area (Å²) in [4.78, 5) is 4.39. The molecule has 0 bridgehead atoms. The highest BCUT2D eigenvalue weighted by atomic mass is 79.9. The van der Waals surface area contributed by atoms with Crippen molar-refractivity contribution in [2.45, 2.75) is 19.9 Å². The minimum Gasteiger partial charge on any atom is -0.496 e. The van der Waals surface area contributed by atoms with E-state index in [4.69, 9.17) is 10.6 Å². The van der Waals surface area contributed by atoms with Gasteiger partial charge in [0.2, 0.25) is 0 Å². The van der Waals surface area contributed by atoms with E-state index >= 15 is 0 Å². The van der Waals surface area contributed by atoms with Gasteiger partial charge in [-0.15, -0.1) is 0 Å². The largest absolute Gasteiger partial charge is 0.496 e. The summed E-state index contributed by atoms with van der Waals surface area (Å²) in [6, 6.07) is 5.87. The van der Waals surface area contributed by atoms with Crippen LogP contribution in [0.3, 0.4) is 0 Å². The van der Waals surface area contributed by atoms with Gasteiger partial charge in [0.05, 0.1) is 12.7 Å². The molecule has 16 heavy (non-hydrogen) atoms. The molecule has 0 unspecified atom stereocenters. The lowest BCUT2D eigenvalue weighted by Crippen LogP contribution is -2.32. The van der Waals surface area contributed by atoms with Crippen molar-refractivity contribution in [3.05, 3.63) is 28.2 Å². The zero-order valence-corrected chi connectivity index (χ0v) is 11.2. The van der Waals surface area contributed by atoms with Gasteiger partial charge in [-0.2, -0.15) is 0 Å². The molecule has 0 atom stereocenters. The molecule has 0 amide bonds. The lowest BCUT2D eigenvalue weighted by molar-refractivity contribution is 0.413. The minimum absolute atomic E-state index is 0.166. The number of halogens is 1. The molecule has 0 saturated carbocycles. The van der Waals surface area contributed by atoms with Crippen LogP contribution in [0.4, 0.5) is 0 Å². The van der Waals surface area contributed by atoms with Crippen molar-refractivity contribution in [2.24, 2.45) is 10.8 Å². The zero-order chi connectivity index (χ0) is 12.1. The summed E-state index contributed by atoms with van der Waals surface area (Å²) in [6.45, 7) is 3.98. The molecular weight excluding hydrogens is 270 g/mol. The predicted molar refractivity (Wildman–Crippen MR) is 69.7 cm³/mol. The fourth-order valence-corrected chi connectivity index (χ4v) is 1.64. The second-order valence-electron chi connectivity index (χ2n) is 3.56. The molecule has 0 heterocycles. The predicted octanol–water partition coefficient (Wildman–Crippen LogP) is 2.08. The molecule has 4 nitrogen and oxygen atoms in total. The Bertz CT molecular complexity index is 391. The van der Waals surface area contributed by atoms with Crippen LogP contribution in [-0.4, -0.2) is 19.0 Å². The molecule has 0 aliphatic heterocycles. The topological polar surface area (TPSA) is 59.6 Å². The van der Waals surface area contributed by atoms with Crippen LogP contribution in [0.2, 0.25) is 0 Å². The lowest BCUT2D eigenvalue weighted by atomic mass is 10.2. The highest BCUT2D eigenvalue weighted by Gasteiger charge is 2.10. The summed E-state index contributed by atoms with van der Waals surface area (Å²) in [5.41, 5.74) is 3.45. The Kier molecular flexibility index (Phi) is 4.76. The fraction of sp³-hybridized carbons (Fsp3) is 0.364. The van der Waals surface area contributed by atoms with Crippen LogP contribution >= 0.6 is 15.9 Å². The summed E-state index contributed by atoms with van der Waals surface area (Å²) < 4.78 is 6.24. The maximum absolute atomic E-state index is 5.47. The Morgan fingerprint density at radius 2 is 2.19 bits per heavy atom. The summed E-state index contributed by atoms with van der Waals surface area (Å²) >= 11 is 3.39. The Morgan fingerprint density at radius 3 is 2.69 bits per heavy atom. The SMILES string of the molecule is COc1cc(Br)ccc1C(=NC(C)C)NN. The number of hydrogen-bond acceptors (Lipinski definition) is 3. The number of nitrogens with one attached hydrogen (secondary N) is 1. The van der Waals surface area contributed by atoms with Crippen molar-refractivity contribution in [2.75, 3.05) is 7.11 Å². The molecule has 1 aromatic rings. The molecule has 0 radical (unpaired) electrons. The highest BCUT2D eigenvalue weighted by molar-refractivity contribution is 9.10. The van der Waals surface area contributed by atoms with Crippen molar-refractivity contribution in [3.63, 3.8) is 0 Å². The normalized spacial score (nSPS) is 11.8. The number of nitrogens with zero attached hydrogens (tertiary/aromatic N) is 1. The first-order chi connectivity index (χ1) is 7.58. The molecule has 0 spiro atoms. The second kappa shape index (κ2) is 5.86. The van der Waals surface area contributed by atoms with Gasteiger partial charge in [0, 0.05) is 10.5 Å².